The summed E-state index contributed by atoms with van der Waals surface area (Å²) in [5.41, 5.74) is 4.56. The van der Waals surface area contributed by atoms with Crippen LogP contribution in [0.5, 0.6) is 0 Å². The van der Waals surface area contributed by atoms with Crippen LogP contribution >= 0.6 is 0 Å². The van der Waals surface area contributed by atoms with Crippen LogP contribution in [-0.2, 0) is 19.2 Å². The predicted molar refractivity (Wildman–Crippen MR) is 118 cm³/mol. The topological polar surface area (TPSA) is 136 Å². The zero-order valence-electron chi connectivity index (χ0n) is 19.3. The van der Waals surface area contributed by atoms with Crippen molar-refractivity contribution in [2.45, 2.75) is 83.8 Å². The fourth-order valence-electron chi connectivity index (χ4n) is 5.67. The van der Waals surface area contributed by atoms with Gasteiger partial charge in [-0.3, -0.25) is 19.2 Å². The molecule has 3 fully saturated rings. The highest BCUT2D eigenvalue weighted by molar-refractivity contribution is 6.37. The third kappa shape index (κ3) is 4.81. The maximum atomic E-state index is 13.5. The molecule has 3 aliphatic rings. The molecule has 9 heteroatoms. The van der Waals surface area contributed by atoms with E-state index >= 15 is 0 Å². The molecule has 0 bridgehead atoms. The molecule has 0 aromatic rings. The first-order valence-electron chi connectivity index (χ1n) is 11.6. The van der Waals surface area contributed by atoms with E-state index in [4.69, 9.17) is 5.73 Å². The Kier molecular flexibility index (Phi) is 6.95. The number of carbonyl (C=O) groups is 4. The monoisotopic (exact) mass is 448 g/mol. The molecule has 5 atom stereocenters. The molecule has 32 heavy (non-hydrogen) atoms. The van der Waals surface area contributed by atoms with E-state index in [-0.39, 0.29) is 17.8 Å². The van der Waals surface area contributed by atoms with Gasteiger partial charge in [0.2, 0.25) is 17.7 Å². The number of hydrogen-bond acceptors (Lipinski definition) is 5. The van der Waals surface area contributed by atoms with Crippen LogP contribution in [-0.4, -0.2) is 64.5 Å². The molecule has 1 unspecified atom stereocenters. The Morgan fingerprint density at radius 3 is 2.28 bits per heavy atom. The molecule has 0 spiro atoms. The number of fused-ring (bicyclic) bond motifs is 1. The van der Waals surface area contributed by atoms with Crippen molar-refractivity contribution in [1.29, 1.82) is 0 Å². The number of nitrogens with two attached hydrogens (primary N) is 1. The van der Waals surface area contributed by atoms with E-state index in [1.54, 1.807) is 20.8 Å². The maximum Gasteiger partial charge on any atom is 0.293 e. The van der Waals surface area contributed by atoms with Gasteiger partial charge in [-0.1, -0.05) is 46.5 Å². The van der Waals surface area contributed by atoms with Gasteiger partial charge in [-0.25, -0.2) is 4.74 Å². The minimum absolute atomic E-state index is 0.0301. The van der Waals surface area contributed by atoms with Crippen molar-refractivity contribution < 1.29 is 23.9 Å². The van der Waals surface area contributed by atoms with E-state index in [2.05, 4.69) is 12.0 Å². The Hall–Kier alpha value is -2.45. The Morgan fingerprint density at radius 1 is 1.16 bits per heavy atom. The molecule has 9 nitrogen and oxygen atoms in total. The number of Topliss-reactive ketones (excluding diaryl/α,β-unsaturated/α-hetero) is 1. The average molecular weight is 449 g/mol. The second-order valence-electron chi connectivity index (χ2n) is 10.8. The van der Waals surface area contributed by atoms with Gasteiger partial charge in [-0.2, -0.15) is 0 Å². The zero-order valence-corrected chi connectivity index (χ0v) is 19.3. The van der Waals surface area contributed by atoms with Gasteiger partial charge in [0.05, 0.1) is 6.04 Å². The second-order valence-corrected chi connectivity index (χ2v) is 10.8. The number of nitrogens with zero attached hydrogens (tertiary/aromatic N) is 2. The first-order chi connectivity index (χ1) is 14.9. The average Bonchev–Trinajstić information content (AvgIpc) is 3.21. The molecule has 3 rings (SSSR count). The summed E-state index contributed by atoms with van der Waals surface area (Å²) in [6, 6.07) is -2.79. The van der Waals surface area contributed by atoms with Crippen LogP contribution in [0, 0.1) is 28.4 Å². The normalized spacial score (nSPS) is 27.2. The van der Waals surface area contributed by atoms with Gasteiger partial charge in [0.25, 0.3) is 11.8 Å². The number of nitrogens with one attached hydrogen (secondary N) is 1. The molecule has 0 radical (unpaired) electrons. The van der Waals surface area contributed by atoms with Crippen LogP contribution in [0.3, 0.4) is 0 Å². The Labute approximate surface area is 189 Å². The van der Waals surface area contributed by atoms with Crippen molar-refractivity contribution in [3.8, 4) is 0 Å². The fourth-order valence-corrected chi connectivity index (χ4v) is 5.67. The van der Waals surface area contributed by atoms with Crippen LogP contribution in [0.4, 0.5) is 0 Å². The van der Waals surface area contributed by atoms with Crippen LogP contribution in [0.15, 0.2) is 0 Å². The standard InChI is InChI=1S/C23H36N4O5/c1-23(2,3)19(26(4)32)22(31)27-12-14-9-6-10-15(14)17(27)21(30)25-16(18(28)20(24)29)11-13-7-5-8-13/h13-17,19H,4-12H2,1-3H3,(H2,24,29)(H,25,30)/t14-,15-,16?,17-,19+/m0/s1. The second kappa shape index (κ2) is 9.19. The molecule has 1 aliphatic heterocycles. The number of likely N-dealkylation sites (tertiary alicyclic amines) is 1. The SMILES string of the molecule is C=[N+]([O-])[C@H](C(=O)N1C[C@@H]2CCC[C@@H]2[C@H]1C(=O)NC(CC1CCC1)C(=O)C(N)=O)C(C)(C)C. The zero-order chi connectivity index (χ0) is 23.8. The summed E-state index contributed by atoms with van der Waals surface area (Å²) in [6.07, 6.45) is 6.03. The summed E-state index contributed by atoms with van der Waals surface area (Å²) in [5.74, 6) is -2.32. The van der Waals surface area contributed by atoms with Gasteiger partial charge in [-0.05, 0) is 37.0 Å². The van der Waals surface area contributed by atoms with E-state index < -0.39 is 47.0 Å². The molecule has 1 heterocycles. The third-order valence-corrected chi connectivity index (χ3v) is 7.45. The summed E-state index contributed by atoms with van der Waals surface area (Å²) in [4.78, 5) is 52.4. The molecule has 2 aliphatic carbocycles. The molecule has 3 N–H and O–H groups in total. The molecule has 0 aromatic carbocycles. The third-order valence-electron chi connectivity index (χ3n) is 7.45. The smallest absolute Gasteiger partial charge is 0.293 e. The van der Waals surface area contributed by atoms with E-state index in [1.807, 2.05) is 0 Å². The maximum absolute atomic E-state index is 13.5. The predicted octanol–water partition coefficient (Wildman–Crippen LogP) is 0.969. The lowest BCUT2D eigenvalue weighted by atomic mass is 9.80. The number of primary amides is 1. The van der Waals surface area contributed by atoms with Crippen molar-refractivity contribution in [1.82, 2.24) is 10.2 Å². The molecular weight excluding hydrogens is 412 g/mol. The minimum atomic E-state index is -1.07. The van der Waals surface area contributed by atoms with Crippen LogP contribution in [0.25, 0.3) is 0 Å². The van der Waals surface area contributed by atoms with Crippen molar-refractivity contribution >= 4 is 30.2 Å². The summed E-state index contributed by atoms with van der Waals surface area (Å²) in [7, 11) is 0. The van der Waals surface area contributed by atoms with Gasteiger partial charge in [0.1, 0.15) is 12.8 Å². The first-order valence-corrected chi connectivity index (χ1v) is 11.6. The molecule has 2 saturated carbocycles. The quantitative estimate of drug-likeness (QED) is 0.187. The summed E-state index contributed by atoms with van der Waals surface area (Å²) in [6.45, 7) is 9.18. The van der Waals surface area contributed by atoms with E-state index in [0.29, 0.717) is 17.7 Å². The van der Waals surface area contributed by atoms with Gasteiger partial charge in [-0.15, -0.1) is 0 Å². The molecule has 0 aromatic heterocycles. The summed E-state index contributed by atoms with van der Waals surface area (Å²) in [5, 5.41) is 14.9. The molecule has 3 amide bonds. The lowest BCUT2D eigenvalue weighted by Crippen LogP contribution is -2.58. The number of amides is 3. The number of ketones is 1. The van der Waals surface area contributed by atoms with E-state index in [9.17, 15) is 24.4 Å². The highest BCUT2D eigenvalue weighted by atomic mass is 16.5. The summed E-state index contributed by atoms with van der Waals surface area (Å²) < 4.78 is 0.418. The summed E-state index contributed by atoms with van der Waals surface area (Å²) >= 11 is 0. The number of carbonyl (C=O) groups excluding carboxylic acids is 4. The van der Waals surface area contributed by atoms with E-state index in [0.717, 1.165) is 38.5 Å². The van der Waals surface area contributed by atoms with Crippen LogP contribution < -0.4 is 11.1 Å². The largest absolute Gasteiger partial charge is 0.624 e. The number of hydrogen-bond donors (Lipinski definition) is 2. The van der Waals surface area contributed by atoms with Gasteiger partial charge < -0.3 is 21.2 Å². The van der Waals surface area contributed by atoms with Gasteiger partial charge in [0.15, 0.2) is 0 Å². The molecular formula is C23H36N4O5. The van der Waals surface area contributed by atoms with Crippen molar-refractivity contribution in [3.05, 3.63) is 5.21 Å². The fraction of sp³-hybridized carbons (Fsp3) is 0.783. The Bertz CT molecular complexity index is 801. The van der Waals surface area contributed by atoms with Gasteiger partial charge in [0, 0.05) is 12.0 Å². The molecule has 1 saturated heterocycles. The highest BCUT2D eigenvalue weighted by Gasteiger charge is 2.53. The highest BCUT2D eigenvalue weighted by Crippen LogP contribution is 2.43. The van der Waals surface area contributed by atoms with Crippen molar-refractivity contribution in [3.63, 3.8) is 0 Å². The lowest BCUT2D eigenvalue weighted by Gasteiger charge is -2.35. The van der Waals surface area contributed by atoms with Gasteiger partial charge >= 0.3 is 0 Å². The van der Waals surface area contributed by atoms with Crippen LogP contribution in [0.2, 0.25) is 0 Å². The number of hydroxylamine groups is 1. The van der Waals surface area contributed by atoms with Crippen LogP contribution in [0.1, 0.15) is 65.7 Å². The molecule has 178 valence electrons. The number of rotatable bonds is 8. The Morgan fingerprint density at radius 2 is 1.78 bits per heavy atom. The Balaban J connectivity index is 1.84. The van der Waals surface area contributed by atoms with Crippen molar-refractivity contribution in [2.75, 3.05) is 6.54 Å². The van der Waals surface area contributed by atoms with E-state index in [1.165, 1.54) is 4.90 Å². The minimum Gasteiger partial charge on any atom is -0.624 e. The van der Waals surface area contributed by atoms with Crippen molar-refractivity contribution in [2.24, 2.45) is 28.9 Å². The first kappa shape index (κ1) is 24.2. The lowest BCUT2D eigenvalue weighted by molar-refractivity contribution is -0.497.